The van der Waals surface area contributed by atoms with Crippen LogP contribution >= 0.6 is 0 Å². The minimum Gasteiger partial charge on any atom is -0.312 e. The van der Waals surface area contributed by atoms with Gasteiger partial charge in [0.05, 0.1) is 0 Å². The Morgan fingerprint density at radius 3 is 2.77 bits per heavy atom. The fraction of sp³-hybridized carbons (Fsp3) is 0.545. The molecule has 2 heteroatoms. The summed E-state index contributed by atoms with van der Waals surface area (Å²) in [6.07, 6.45) is 3.80. The number of rotatable bonds is 4. The smallest absolute Gasteiger partial charge is 0.0313 e. The van der Waals surface area contributed by atoms with Gasteiger partial charge < -0.3 is 5.32 Å². The third kappa shape index (κ3) is 4.04. The molecule has 0 spiro atoms. The van der Waals surface area contributed by atoms with Crippen LogP contribution in [0.5, 0.6) is 0 Å². The van der Waals surface area contributed by atoms with Gasteiger partial charge in [-0.3, -0.25) is 4.98 Å². The number of nitrogens with zero attached hydrogens (tertiary/aromatic N) is 1. The van der Waals surface area contributed by atoms with Gasteiger partial charge in [-0.15, -0.1) is 0 Å². The molecular weight excluding hydrogens is 160 g/mol. The molecule has 72 valence electrons. The van der Waals surface area contributed by atoms with E-state index in [4.69, 9.17) is 0 Å². The van der Waals surface area contributed by atoms with Crippen molar-refractivity contribution in [2.45, 2.75) is 27.3 Å². The van der Waals surface area contributed by atoms with Gasteiger partial charge in [0.1, 0.15) is 0 Å². The third-order valence-electron chi connectivity index (χ3n) is 1.81. The fourth-order valence-corrected chi connectivity index (χ4v) is 1.22. The van der Waals surface area contributed by atoms with Gasteiger partial charge in [0, 0.05) is 18.9 Å². The summed E-state index contributed by atoms with van der Waals surface area (Å²) in [6.45, 7) is 8.47. The fourth-order valence-electron chi connectivity index (χ4n) is 1.22. The summed E-state index contributed by atoms with van der Waals surface area (Å²) in [5.41, 5.74) is 2.49. The molecule has 0 saturated heterocycles. The molecule has 0 radical (unpaired) electrons. The molecule has 0 bridgehead atoms. The van der Waals surface area contributed by atoms with Crippen molar-refractivity contribution >= 4 is 0 Å². The first-order valence-corrected chi connectivity index (χ1v) is 4.79. The lowest BCUT2D eigenvalue weighted by molar-refractivity contribution is 0.552. The topological polar surface area (TPSA) is 24.9 Å². The van der Waals surface area contributed by atoms with E-state index in [0.717, 1.165) is 13.1 Å². The zero-order valence-corrected chi connectivity index (χ0v) is 8.67. The minimum absolute atomic E-state index is 0.706. The van der Waals surface area contributed by atoms with Crippen molar-refractivity contribution < 1.29 is 0 Å². The second-order valence-electron chi connectivity index (χ2n) is 3.90. The second kappa shape index (κ2) is 4.97. The van der Waals surface area contributed by atoms with E-state index >= 15 is 0 Å². The SMILES string of the molecule is Cc1cncc(CNCC(C)C)c1. The van der Waals surface area contributed by atoms with E-state index in [0.29, 0.717) is 5.92 Å². The monoisotopic (exact) mass is 178 g/mol. The van der Waals surface area contributed by atoms with Crippen molar-refractivity contribution in [2.24, 2.45) is 5.92 Å². The zero-order valence-electron chi connectivity index (χ0n) is 8.67. The first kappa shape index (κ1) is 10.2. The number of hydrogen-bond acceptors (Lipinski definition) is 2. The Bertz CT molecular complexity index is 256. The Balaban J connectivity index is 2.37. The molecule has 2 nitrogen and oxygen atoms in total. The van der Waals surface area contributed by atoms with Crippen LogP contribution < -0.4 is 5.32 Å². The van der Waals surface area contributed by atoms with Crippen LogP contribution in [-0.4, -0.2) is 11.5 Å². The standard InChI is InChI=1S/C11H18N2/c1-9(2)5-12-7-11-4-10(3)6-13-8-11/h4,6,8-9,12H,5,7H2,1-3H3. The molecule has 13 heavy (non-hydrogen) atoms. The van der Waals surface area contributed by atoms with Gasteiger partial charge in [-0.1, -0.05) is 19.9 Å². The Labute approximate surface area is 80.4 Å². The maximum absolute atomic E-state index is 4.14. The molecule has 0 aromatic carbocycles. The number of pyridine rings is 1. The predicted molar refractivity (Wildman–Crippen MR) is 55.5 cm³/mol. The van der Waals surface area contributed by atoms with E-state index < -0.39 is 0 Å². The molecule has 1 aromatic rings. The van der Waals surface area contributed by atoms with E-state index in [1.165, 1.54) is 11.1 Å². The maximum atomic E-state index is 4.14. The van der Waals surface area contributed by atoms with Crippen molar-refractivity contribution in [2.75, 3.05) is 6.54 Å². The van der Waals surface area contributed by atoms with E-state index in [-0.39, 0.29) is 0 Å². The van der Waals surface area contributed by atoms with Crippen LogP contribution in [0.3, 0.4) is 0 Å². The Morgan fingerprint density at radius 1 is 1.38 bits per heavy atom. The summed E-state index contributed by atoms with van der Waals surface area (Å²) in [4.78, 5) is 4.14. The average Bonchev–Trinajstić information content (AvgIpc) is 2.03. The molecule has 1 aromatic heterocycles. The summed E-state index contributed by atoms with van der Waals surface area (Å²) in [5, 5.41) is 3.39. The lowest BCUT2D eigenvalue weighted by atomic mass is 10.2. The van der Waals surface area contributed by atoms with Crippen LogP contribution in [0, 0.1) is 12.8 Å². The highest BCUT2D eigenvalue weighted by Crippen LogP contribution is 2.00. The number of nitrogens with one attached hydrogen (secondary N) is 1. The van der Waals surface area contributed by atoms with Gasteiger partial charge in [0.25, 0.3) is 0 Å². The first-order valence-electron chi connectivity index (χ1n) is 4.79. The number of aryl methyl sites for hydroxylation is 1. The average molecular weight is 178 g/mol. The molecule has 1 N–H and O–H groups in total. The summed E-state index contributed by atoms with van der Waals surface area (Å²) in [5.74, 6) is 0.706. The maximum Gasteiger partial charge on any atom is 0.0313 e. The Morgan fingerprint density at radius 2 is 2.15 bits per heavy atom. The second-order valence-corrected chi connectivity index (χ2v) is 3.90. The van der Waals surface area contributed by atoms with Crippen molar-refractivity contribution in [3.63, 3.8) is 0 Å². The molecule has 1 heterocycles. The summed E-state index contributed by atoms with van der Waals surface area (Å²) >= 11 is 0. The van der Waals surface area contributed by atoms with E-state index in [1.54, 1.807) is 0 Å². The van der Waals surface area contributed by atoms with Crippen molar-refractivity contribution in [3.05, 3.63) is 29.6 Å². The highest BCUT2D eigenvalue weighted by Gasteiger charge is 1.95. The van der Waals surface area contributed by atoms with Crippen LogP contribution in [0.4, 0.5) is 0 Å². The van der Waals surface area contributed by atoms with Crippen molar-refractivity contribution in [1.29, 1.82) is 0 Å². The lowest BCUT2D eigenvalue weighted by Gasteiger charge is -2.07. The molecular formula is C11H18N2. The van der Waals surface area contributed by atoms with Gasteiger partial charge in [-0.05, 0) is 30.5 Å². The number of aromatic nitrogens is 1. The molecule has 1 rings (SSSR count). The normalized spacial score (nSPS) is 10.8. The third-order valence-corrected chi connectivity index (χ3v) is 1.81. The van der Waals surface area contributed by atoms with Crippen LogP contribution in [0.1, 0.15) is 25.0 Å². The van der Waals surface area contributed by atoms with Crippen LogP contribution in [0.15, 0.2) is 18.5 Å². The molecule has 0 aliphatic rings. The highest BCUT2D eigenvalue weighted by molar-refractivity contribution is 5.16. The molecule has 0 unspecified atom stereocenters. The quantitative estimate of drug-likeness (QED) is 0.764. The molecule has 0 fully saturated rings. The van der Waals surface area contributed by atoms with Crippen LogP contribution in [0.25, 0.3) is 0 Å². The molecule has 0 saturated carbocycles. The van der Waals surface area contributed by atoms with Crippen LogP contribution in [0.2, 0.25) is 0 Å². The largest absolute Gasteiger partial charge is 0.312 e. The van der Waals surface area contributed by atoms with Gasteiger partial charge in [0.15, 0.2) is 0 Å². The van der Waals surface area contributed by atoms with Crippen LogP contribution in [-0.2, 0) is 6.54 Å². The Hall–Kier alpha value is -0.890. The summed E-state index contributed by atoms with van der Waals surface area (Å²) in [6, 6.07) is 2.17. The predicted octanol–water partition coefficient (Wildman–Crippen LogP) is 2.14. The van der Waals surface area contributed by atoms with E-state index in [9.17, 15) is 0 Å². The first-order chi connectivity index (χ1) is 6.18. The molecule has 0 atom stereocenters. The lowest BCUT2D eigenvalue weighted by Crippen LogP contribution is -2.19. The molecule has 0 aliphatic heterocycles. The Kier molecular flexibility index (Phi) is 3.90. The zero-order chi connectivity index (χ0) is 9.68. The highest BCUT2D eigenvalue weighted by atomic mass is 14.9. The minimum atomic E-state index is 0.706. The van der Waals surface area contributed by atoms with E-state index in [1.807, 2.05) is 12.4 Å². The summed E-state index contributed by atoms with van der Waals surface area (Å²) in [7, 11) is 0. The molecule has 0 amide bonds. The van der Waals surface area contributed by atoms with Crippen molar-refractivity contribution in [1.82, 2.24) is 10.3 Å². The summed E-state index contributed by atoms with van der Waals surface area (Å²) < 4.78 is 0. The number of hydrogen-bond donors (Lipinski definition) is 1. The van der Waals surface area contributed by atoms with Crippen molar-refractivity contribution in [3.8, 4) is 0 Å². The van der Waals surface area contributed by atoms with Gasteiger partial charge in [0.2, 0.25) is 0 Å². The van der Waals surface area contributed by atoms with E-state index in [2.05, 4.69) is 37.1 Å². The van der Waals surface area contributed by atoms with Gasteiger partial charge in [-0.25, -0.2) is 0 Å². The van der Waals surface area contributed by atoms with Gasteiger partial charge >= 0.3 is 0 Å². The van der Waals surface area contributed by atoms with Gasteiger partial charge in [-0.2, -0.15) is 0 Å². The molecule has 0 aliphatic carbocycles.